The van der Waals surface area contributed by atoms with E-state index in [2.05, 4.69) is 9.97 Å². The van der Waals surface area contributed by atoms with Crippen LogP contribution < -0.4 is 5.73 Å². The van der Waals surface area contributed by atoms with E-state index in [-0.39, 0.29) is 6.61 Å². The van der Waals surface area contributed by atoms with Crippen LogP contribution in [0.3, 0.4) is 0 Å². The van der Waals surface area contributed by atoms with Gasteiger partial charge in [-0.15, -0.1) is 0 Å². The minimum absolute atomic E-state index is 0.0991. The Morgan fingerprint density at radius 2 is 2.36 bits per heavy atom. The van der Waals surface area contributed by atoms with Gasteiger partial charge in [-0.25, -0.2) is 0 Å². The first-order valence-corrected chi connectivity index (χ1v) is 3.39. The summed E-state index contributed by atoms with van der Waals surface area (Å²) in [7, 11) is 0. The number of aromatic nitrogens is 2. The maximum absolute atomic E-state index is 8.69. The monoisotopic (exact) mass is 153 g/mol. The smallest absolute Gasteiger partial charge is 0.0780 e. The Kier molecular flexibility index (Phi) is 2.51. The van der Waals surface area contributed by atoms with Crippen LogP contribution in [0.4, 0.5) is 0 Å². The Bertz CT molecular complexity index is 239. The molecule has 1 rings (SSSR count). The van der Waals surface area contributed by atoms with Crippen molar-refractivity contribution < 1.29 is 5.11 Å². The fraction of sp³-hybridized carbons (Fsp3) is 0.429. The molecule has 4 nitrogen and oxygen atoms in total. The molecule has 0 bridgehead atoms. The van der Waals surface area contributed by atoms with Gasteiger partial charge in [-0.3, -0.25) is 9.97 Å². The molecule has 1 unspecified atom stereocenters. The lowest BCUT2D eigenvalue weighted by molar-refractivity contribution is 0.265. The molecule has 0 amide bonds. The molecule has 0 fully saturated rings. The third-order valence-corrected chi connectivity index (χ3v) is 1.35. The molecule has 1 atom stereocenters. The summed E-state index contributed by atoms with van der Waals surface area (Å²) in [5.41, 5.74) is 6.95. The number of aliphatic hydroxyl groups excluding tert-OH is 1. The zero-order chi connectivity index (χ0) is 8.27. The molecule has 0 aromatic carbocycles. The van der Waals surface area contributed by atoms with Crippen molar-refractivity contribution in [3.8, 4) is 0 Å². The molecule has 11 heavy (non-hydrogen) atoms. The van der Waals surface area contributed by atoms with E-state index in [1.54, 1.807) is 12.4 Å². The lowest BCUT2D eigenvalue weighted by Gasteiger charge is -2.06. The molecule has 0 aliphatic heterocycles. The highest BCUT2D eigenvalue weighted by molar-refractivity contribution is 5.05. The summed E-state index contributed by atoms with van der Waals surface area (Å²) in [6.07, 6.45) is 3.21. The van der Waals surface area contributed by atoms with Gasteiger partial charge in [-0.05, 0) is 6.92 Å². The van der Waals surface area contributed by atoms with E-state index in [1.165, 1.54) is 0 Å². The summed E-state index contributed by atoms with van der Waals surface area (Å²) in [4.78, 5) is 8.00. The SMILES string of the molecule is Cc1cncc(C(N)CO)n1. The predicted octanol–water partition coefficient (Wildman–Crippen LogP) is -0.223. The lowest BCUT2D eigenvalue weighted by Crippen LogP contribution is -2.16. The average molecular weight is 153 g/mol. The topological polar surface area (TPSA) is 72.0 Å². The van der Waals surface area contributed by atoms with Crippen molar-refractivity contribution in [3.05, 3.63) is 23.8 Å². The van der Waals surface area contributed by atoms with Crippen molar-refractivity contribution in [2.24, 2.45) is 5.73 Å². The van der Waals surface area contributed by atoms with Crippen LogP contribution in [0.25, 0.3) is 0 Å². The largest absolute Gasteiger partial charge is 0.394 e. The van der Waals surface area contributed by atoms with Crippen LogP contribution in [0.15, 0.2) is 12.4 Å². The highest BCUT2D eigenvalue weighted by Gasteiger charge is 2.04. The first kappa shape index (κ1) is 8.10. The summed E-state index contributed by atoms with van der Waals surface area (Å²) in [6, 6.07) is -0.414. The fourth-order valence-electron chi connectivity index (χ4n) is 0.755. The first-order chi connectivity index (χ1) is 5.24. The quantitative estimate of drug-likeness (QED) is 0.616. The number of nitrogens with two attached hydrogens (primary N) is 1. The van der Waals surface area contributed by atoms with Gasteiger partial charge < -0.3 is 10.8 Å². The molecule has 0 radical (unpaired) electrons. The molecule has 1 aromatic heterocycles. The normalized spacial score (nSPS) is 13.0. The van der Waals surface area contributed by atoms with Crippen LogP contribution in [0.1, 0.15) is 17.4 Å². The summed E-state index contributed by atoms with van der Waals surface area (Å²) >= 11 is 0. The molecule has 1 heterocycles. The Balaban J connectivity index is 2.86. The third kappa shape index (κ3) is 1.96. The van der Waals surface area contributed by atoms with Gasteiger partial charge in [0.25, 0.3) is 0 Å². The predicted molar refractivity (Wildman–Crippen MR) is 40.8 cm³/mol. The van der Waals surface area contributed by atoms with E-state index in [9.17, 15) is 0 Å². The van der Waals surface area contributed by atoms with Crippen LogP contribution in [0.5, 0.6) is 0 Å². The molecule has 0 aliphatic rings. The molecule has 1 aromatic rings. The number of hydrogen-bond acceptors (Lipinski definition) is 4. The standard InChI is InChI=1S/C7H11N3O/c1-5-2-9-3-7(10-5)6(8)4-11/h2-3,6,11H,4,8H2,1H3. The van der Waals surface area contributed by atoms with Gasteiger partial charge in [0, 0.05) is 6.20 Å². The van der Waals surface area contributed by atoms with Gasteiger partial charge in [0.05, 0.1) is 30.2 Å². The van der Waals surface area contributed by atoms with E-state index >= 15 is 0 Å². The van der Waals surface area contributed by atoms with Crippen LogP contribution in [0.2, 0.25) is 0 Å². The van der Waals surface area contributed by atoms with E-state index in [1.807, 2.05) is 6.92 Å². The van der Waals surface area contributed by atoms with Crippen molar-refractivity contribution in [3.63, 3.8) is 0 Å². The van der Waals surface area contributed by atoms with Crippen molar-refractivity contribution in [1.29, 1.82) is 0 Å². The first-order valence-electron chi connectivity index (χ1n) is 3.39. The fourth-order valence-corrected chi connectivity index (χ4v) is 0.755. The van der Waals surface area contributed by atoms with Crippen molar-refractivity contribution >= 4 is 0 Å². The molecule has 0 saturated heterocycles. The van der Waals surface area contributed by atoms with Gasteiger partial charge in [-0.1, -0.05) is 0 Å². The lowest BCUT2D eigenvalue weighted by atomic mass is 10.2. The van der Waals surface area contributed by atoms with Gasteiger partial charge in [0.2, 0.25) is 0 Å². The molecule has 4 heteroatoms. The zero-order valence-corrected chi connectivity index (χ0v) is 6.36. The Morgan fingerprint density at radius 1 is 1.64 bits per heavy atom. The van der Waals surface area contributed by atoms with Crippen LogP contribution in [0, 0.1) is 6.92 Å². The van der Waals surface area contributed by atoms with Crippen LogP contribution in [-0.2, 0) is 0 Å². The van der Waals surface area contributed by atoms with E-state index in [0.29, 0.717) is 5.69 Å². The molecule has 0 saturated carbocycles. The van der Waals surface area contributed by atoms with Crippen LogP contribution in [-0.4, -0.2) is 21.7 Å². The van der Waals surface area contributed by atoms with Crippen LogP contribution >= 0.6 is 0 Å². The zero-order valence-electron chi connectivity index (χ0n) is 6.36. The number of aliphatic hydroxyl groups is 1. The maximum Gasteiger partial charge on any atom is 0.0780 e. The molecule has 3 N–H and O–H groups in total. The minimum atomic E-state index is -0.414. The summed E-state index contributed by atoms with van der Waals surface area (Å²) < 4.78 is 0. The number of hydrogen-bond donors (Lipinski definition) is 2. The third-order valence-electron chi connectivity index (χ3n) is 1.35. The second-order valence-corrected chi connectivity index (χ2v) is 2.37. The Hall–Kier alpha value is -1.00. The molecular weight excluding hydrogens is 142 g/mol. The summed E-state index contributed by atoms with van der Waals surface area (Å²) in [5.74, 6) is 0. The van der Waals surface area contributed by atoms with Gasteiger partial charge in [0.1, 0.15) is 0 Å². The molecule has 60 valence electrons. The maximum atomic E-state index is 8.69. The van der Waals surface area contributed by atoms with E-state index < -0.39 is 6.04 Å². The molecule has 0 spiro atoms. The number of nitrogens with zero attached hydrogens (tertiary/aromatic N) is 2. The van der Waals surface area contributed by atoms with Gasteiger partial charge >= 0.3 is 0 Å². The van der Waals surface area contributed by atoms with Crippen molar-refractivity contribution in [2.45, 2.75) is 13.0 Å². The van der Waals surface area contributed by atoms with Gasteiger partial charge in [0.15, 0.2) is 0 Å². The second kappa shape index (κ2) is 3.41. The van der Waals surface area contributed by atoms with Gasteiger partial charge in [-0.2, -0.15) is 0 Å². The second-order valence-electron chi connectivity index (χ2n) is 2.37. The van der Waals surface area contributed by atoms with E-state index in [0.717, 1.165) is 5.69 Å². The summed E-state index contributed by atoms with van der Waals surface area (Å²) in [6.45, 7) is 1.73. The van der Waals surface area contributed by atoms with Crippen molar-refractivity contribution in [1.82, 2.24) is 9.97 Å². The highest BCUT2D eigenvalue weighted by Crippen LogP contribution is 2.03. The number of rotatable bonds is 2. The molecule has 0 aliphatic carbocycles. The Morgan fingerprint density at radius 3 is 2.91 bits per heavy atom. The van der Waals surface area contributed by atoms with E-state index in [4.69, 9.17) is 10.8 Å². The minimum Gasteiger partial charge on any atom is -0.394 e. The Labute approximate surface area is 65.1 Å². The molecular formula is C7H11N3O. The van der Waals surface area contributed by atoms with Crippen molar-refractivity contribution in [2.75, 3.05) is 6.61 Å². The number of aryl methyl sites for hydroxylation is 1. The average Bonchev–Trinajstić information content (AvgIpc) is 2.03. The highest BCUT2D eigenvalue weighted by atomic mass is 16.3. The summed E-state index contributed by atoms with van der Waals surface area (Å²) in [5, 5.41) is 8.69.